The minimum absolute atomic E-state index is 0. The number of rotatable bonds is 4. The zero-order chi connectivity index (χ0) is 15.4. The van der Waals surface area contributed by atoms with Gasteiger partial charge in [-0.1, -0.05) is 6.07 Å². The lowest BCUT2D eigenvalue weighted by molar-refractivity contribution is -0.124. The van der Waals surface area contributed by atoms with E-state index in [1.807, 2.05) is 0 Å². The summed E-state index contributed by atoms with van der Waals surface area (Å²) in [4.78, 5) is 24.2. The van der Waals surface area contributed by atoms with Gasteiger partial charge in [-0.25, -0.2) is 0 Å². The lowest BCUT2D eigenvalue weighted by Crippen LogP contribution is -2.36. The minimum atomic E-state index is -0.373. The first kappa shape index (κ1) is 17.7. The molecule has 2 unspecified atom stereocenters. The van der Waals surface area contributed by atoms with E-state index in [0.29, 0.717) is 17.9 Å². The molecule has 2 heterocycles. The lowest BCUT2D eigenvalue weighted by Gasteiger charge is -2.13. The topological polar surface area (TPSA) is 79.5 Å². The van der Waals surface area contributed by atoms with Crippen molar-refractivity contribution in [2.75, 3.05) is 25.0 Å². The Balaban J connectivity index is 0.00000192. The molecule has 0 bridgehead atoms. The van der Waals surface area contributed by atoms with Crippen molar-refractivity contribution in [3.63, 3.8) is 0 Å². The molecule has 2 amide bonds. The normalized spacial score (nSPS) is 23.1. The molecule has 0 saturated carbocycles. The Morgan fingerprint density at radius 3 is 2.83 bits per heavy atom. The zero-order valence-corrected chi connectivity index (χ0v) is 13.7. The minimum Gasteiger partial charge on any atom is -0.368 e. The van der Waals surface area contributed by atoms with Crippen LogP contribution < -0.4 is 16.0 Å². The van der Waals surface area contributed by atoms with E-state index in [4.69, 9.17) is 4.74 Å². The van der Waals surface area contributed by atoms with Crippen molar-refractivity contribution in [1.82, 2.24) is 10.6 Å². The maximum Gasteiger partial charge on any atom is 0.253 e. The fourth-order valence-electron chi connectivity index (χ4n) is 2.79. The predicted octanol–water partition coefficient (Wildman–Crippen LogP) is 1.32. The zero-order valence-electron chi connectivity index (χ0n) is 12.8. The van der Waals surface area contributed by atoms with Crippen molar-refractivity contribution in [1.29, 1.82) is 0 Å². The van der Waals surface area contributed by atoms with E-state index in [9.17, 15) is 9.59 Å². The fraction of sp³-hybridized carbons (Fsp3) is 0.500. The number of anilines is 1. The molecule has 126 valence electrons. The highest BCUT2D eigenvalue weighted by molar-refractivity contribution is 5.98. The van der Waals surface area contributed by atoms with Crippen LogP contribution in [0.15, 0.2) is 24.3 Å². The summed E-state index contributed by atoms with van der Waals surface area (Å²) in [7, 11) is 0. The molecule has 2 atom stereocenters. The second-order valence-electron chi connectivity index (χ2n) is 5.73. The van der Waals surface area contributed by atoms with Crippen LogP contribution >= 0.6 is 12.4 Å². The highest BCUT2D eigenvalue weighted by Gasteiger charge is 2.24. The van der Waals surface area contributed by atoms with Gasteiger partial charge in [0.1, 0.15) is 6.10 Å². The summed E-state index contributed by atoms with van der Waals surface area (Å²) in [5.41, 5.74) is 1.18. The molecule has 0 radical (unpaired) electrons. The first-order valence-corrected chi connectivity index (χ1v) is 7.76. The van der Waals surface area contributed by atoms with E-state index in [0.717, 1.165) is 32.4 Å². The molecule has 7 heteroatoms. The van der Waals surface area contributed by atoms with E-state index >= 15 is 0 Å². The van der Waals surface area contributed by atoms with Crippen LogP contribution in [-0.4, -0.2) is 43.7 Å². The molecule has 2 fully saturated rings. The first-order chi connectivity index (χ1) is 10.7. The van der Waals surface area contributed by atoms with Crippen molar-refractivity contribution in [3.8, 4) is 0 Å². The average molecular weight is 340 g/mol. The SMILES string of the molecule is Cl.O=C(NC1CCNC1)c1cccc(NC(=O)C2CCCO2)c1. The van der Waals surface area contributed by atoms with E-state index < -0.39 is 0 Å². The van der Waals surface area contributed by atoms with Gasteiger partial charge in [0, 0.05) is 30.4 Å². The van der Waals surface area contributed by atoms with E-state index in [2.05, 4.69) is 16.0 Å². The maximum absolute atomic E-state index is 12.2. The van der Waals surface area contributed by atoms with Crippen LogP contribution in [-0.2, 0) is 9.53 Å². The van der Waals surface area contributed by atoms with Crippen LogP contribution in [0.3, 0.4) is 0 Å². The van der Waals surface area contributed by atoms with Crippen LogP contribution in [0.1, 0.15) is 29.6 Å². The fourth-order valence-corrected chi connectivity index (χ4v) is 2.79. The molecule has 2 aliphatic heterocycles. The Labute approximate surface area is 141 Å². The van der Waals surface area contributed by atoms with Gasteiger partial charge in [-0.05, 0) is 44.0 Å². The van der Waals surface area contributed by atoms with Gasteiger partial charge < -0.3 is 20.7 Å². The molecule has 1 aromatic carbocycles. The van der Waals surface area contributed by atoms with E-state index in [1.165, 1.54) is 0 Å². The molecule has 0 aromatic heterocycles. The highest BCUT2D eigenvalue weighted by Crippen LogP contribution is 2.16. The van der Waals surface area contributed by atoms with Crippen LogP contribution in [0, 0.1) is 0 Å². The first-order valence-electron chi connectivity index (χ1n) is 7.76. The Morgan fingerprint density at radius 2 is 2.13 bits per heavy atom. The molecule has 2 saturated heterocycles. The number of nitrogens with one attached hydrogen (secondary N) is 3. The molecule has 0 spiro atoms. The molecular weight excluding hydrogens is 318 g/mol. The number of amides is 2. The van der Waals surface area contributed by atoms with Crippen molar-refractivity contribution in [3.05, 3.63) is 29.8 Å². The third-order valence-corrected chi connectivity index (χ3v) is 4.01. The highest BCUT2D eigenvalue weighted by atomic mass is 35.5. The van der Waals surface area contributed by atoms with Gasteiger partial charge in [-0.15, -0.1) is 12.4 Å². The Kier molecular flexibility index (Phi) is 6.38. The predicted molar refractivity (Wildman–Crippen MR) is 90.0 cm³/mol. The number of ether oxygens (including phenoxy) is 1. The summed E-state index contributed by atoms with van der Waals surface area (Å²) in [5.74, 6) is -0.253. The molecular formula is C16H22ClN3O3. The molecule has 1 aromatic rings. The average Bonchev–Trinajstić information content (AvgIpc) is 3.21. The van der Waals surface area contributed by atoms with Crippen molar-refractivity contribution in [2.45, 2.75) is 31.4 Å². The largest absolute Gasteiger partial charge is 0.368 e. The molecule has 23 heavy (non-hydrogen) atoms. The third-order valence-electron chi connectivity index (χ3n) is 4.01. The Hall–Kier alpha value is -1.63. The second-order valence-corrected chi connectivity index (χ2v) is 5.73. The maximum atomic E-state index is 12.2. The monoisotopic (exact) mass is 339 g/mol. The summed E-state index contributed by atoms with van der Waals surface area (Å²) in [6.45, 7) is 2.37. The summed E-state index contributed by atoms with van der Waals surface area (Å²) in [6, 6.07) is 7.18. The van der Waals surface area contributed by atoms with E-state index in [-0.39, 0.29) is 36.4 Å². The van der Waals surface area contributed by atoms with E-state index in [1.54, 1.807) is 24.3 Å². The standard InChI is InChI=1S/C16H21N3O3.ClH/c20-15(19-13-6-7-17-10-13)11-3-1-4-12(9-11)18-16(21)14-5-2-8-22-14;/h1,3-4,9,13-14,17H,2,5-8,10H2,(H,18,21)(H,19,20);1H. The van der Waals surface area contributed by atoms with Crippen molar-refractivity contribution >= 4 is 29.9 Å². The van der Waals surface area contributed by atoms with Gasteiger partial charge in [0.05, 0.1) is 0 Å². The Bertz CT molecular complexity index is 555. The second kappa shape index (κ2) is 8.29. The van der Waals surface area contributed by atoms with Crippen LogP contribution in [0.2, 0.25) is 0 Å². The number of carbonyl (C=O) groups excluding carboxylic acids is 2. The number of halogens is 1. The van der Waals surface area contributed by atoms with Gasteiger partial charge in [0.25, 0.3) is 11.8 Å². The molecule has 3 N–H and O–H groups in total. The number of carbonyl (C=O) groups is 2. The molecule has 2 aliphatic rings. The summed E-state index contributed by atoms with van der Waals surface area (Å²) < 4.78 is 5.36. The smallest absolute Gasteiger partial charge is 0.253 e. The third kappa shape index (κ3) is 4.67. The van der Waals surface area contributed by atoms with Gasteiger partial charge in [-0.2, -0.15) is 0 Å². The number of hydrogen-bond donors (Lipinski definition) is 3. The lowest BCUT2D eigenvalue weighted by atomic mass is 10.1. The summed E-state index contributed by atoms with van der Waals surface area (Å²) in [6.07, 6.45) is 2.24. The number of hydrogen-bond acceptors (Lipinski definition) is 4. The van der Waals surface area contributed by atoms with Gasteiger partial charge in [-0.3, -0.25) is 9.59 Å². The molecule has 0 aliphatic carbocycles. The van der Waals surface area contributed by atoms with Gasteiger partial charge in [0.2, 0.25) is 0 Å². The summed E-state index contributed by atoms with van der Waals surface area (Å²) in [5, 5.41) is 9.02. The molecule has 6 nitrogen and oxygen atoms in total. The van der Waals surface area contributed by atoms with Gasteiger partial charge in [0.15, 0.2) is 0 Å². The molecule has 3 rings (SSSR count). The van der Waals surface area contributed by atoms with Crippen LogP contribution in [0.4, 0.5) is 5.69 Å². The summed E-state index contributed by atoms with van der Waals surface area (Å²) >= 11 is 0. The quantitative estimate of drug-likeness (QED) is 0.773. The van der Waals surface area contributed by atoms with Crippen LogP contribution in [0.5, 0.6) is 0 Å². The van der Waals surface area contributed by atoms with Gasteiger partial charge >= 0.3 is 0 Å². The number of benzene rings is 1. The van der Waals surface area contributed by atoms with Crippen molar-refractivity contribution in [2.24, 2.45) is 0 Å². The Morgan fingerprint density at radius 1 is 1.26 bits per heavy atom. The van der Waals surface area contributed by atoms with Crippen molar-refractivity contribution < 1.29 is 14.3 Å². The van der Waals surface area contributed by atoms with Crippen LogP contribution in [0.25, 0.3) is 0 Å².